The molecule has 1 aromatic carbocycles. The van der Waals surface area contributed by atoms with Crippen LogP contribution in [0, 0.1) is 11.8 Å². The lowest BCUT2D eigenvalue weighted by molar-refractivity contribution is 0.0392. The number of aliphatic hydroxyl groups is 1. The molecule has 1 unspecified atom stereocenters. The molecule has 1 N–H and O–H groups in total. The molecule has 1 saturated heterocycles. The molecule has 2 rings (SSSR count). The molecule has 1 fully saturated rings. The van der Waals surface area contributed by atoms with Crippen LogP contribution in [-0.4, -0.2) is 50.2 Å². The Labute approximate surface area is 125 Å². The Morgan fingerprint density at radius 3 is 2.90 bits per heavy atom. The van der Waals surface area contributed by atoms with Crippen LogP contribution in [0.1, 0.15) is 18.9 Å². The average Bonchev–Trinajstić information content (AvgIpc) is 2.48. The van der Waals surface area contributed by atoms with Crippen LogP contribution in [0.3, 0.4) is 0 Å². The third-order valence-corrected chi connectivity index (χ3v) is 5.31. The second-order valence-corrected chi connectivity index (χ2v) is 6.67. The molecule has 21 heavy (non-hydrogen) atoms. The summed E-state index contributed by atoms with van der Waals surface area (Å²) in [5, 5.41) is 8.77. The number of hydrogen-bond donors (Lipinski definition) is 1. The van der Waals surface area contributed by atoms with Crippen LogP contribution in [0.4, 0.5) is 0 Å². The summed E-state index contributed by atoms with van der Waals surface area (Å²) in [6.45, 7) is 2.95. The number of sulfonamides is 1. The van der Waals surface area contributed by atoms with Gasteiger partial charge >= 0.3 is 0 Å². The van der Waals surface area contributed by atoms with E-state index in [2.05, 4.69) is 11.8 Å². The second-order valence-electron chi connectivity index (χ2n) is 4.81. The Kier molecular flexibility index (Phi) is 5.37. The van der Waals surface area contributed by atoms with Crippen molar-refractivity contribution in [3.63, 3.8) is 0 Å². The molecule has 0 saturated carbocycles. The second kappa shape index (κ2) is 7.05. The van der Waals surface area contributed by atoms with E-state index < -0.39 is 10.0 Å². The smallest absolute Gasteiger partial charge is 0.244 e. The monoisotopic (exact) mass is 309 g/mol. The fourth-order valence-electron chi connectivity index (χ4n) is 2.20. The lowest BCUT2D eigenvalue weighted by atomic mass is 10.2. The van der Waals surface area contributed by atoms with Gasteiger partial charge in [-0.1, -0.05) is 24.0 Å². The SMILES string of the molecule is CC1COCCN1S(=O)(=O)c1ccccc1C#CCCO. The van der Waals surface area contributed by atoms with Gasteiger partial charge in [-0.05, 0) is 19.1 Å². The summed E-state index contributed by atoms with van der Waals surface area (Å²) in [5.41, 5.74) is 0.463. The molecule has 114 valence electrons. The number of aliphatic hydroxyl groups excluding tert-OH is 1. The molecule has 0 spiro atoms. The molecule has 1 aliphatic rings. The molecular weight excluding hydrogens is 290 g/mol. The zero-order valence-corrected chi connectivity index (χ0v) is 12.8. The first kappa shape index (κ1) is 16.0. The standard InChI is InChI=1S/C15H19NO4S/c1-13-12-20-11-9-16(13)21(18,19)15-8-3-2-6-14(15)7-4-5-10-17/h2-3,6,8,13,17H,5,9-12H2,1H3. The third kappa shape index (κ3) is 3.63. The Bertz CT molecular complexity index is 645. The predicted molar refractivity (Wildman–Crippen MR) is 79.2 cm³/mol. The summed E-state index contributed by atoms with van der Waals surface area (Å²) < 4.78 is 32.4. The fourth-order valence-corrected chi connectivity index (χ4v) is 3.95. The normalized spacial score (nSPS) is 19.8. The highest BCUT2D eigenvalue weighted by atomic mass is 32.2. The number of rotatable bonds is 3. The quantitative estimate of drug-likeness (QED) is 0.840. The van der Waals surface area contributed by atoms with Crippen LogP contribution in [0.25, 0.3) is 0 Å². The Morgan fingerprint density at radius 2 is 2.19 bits per heavy atom. The van der Waals surface area contributed by atoms with Gasteiger partial charge in [-0.15, -0.1) is 0 Å². The topological polar surface area (TPSA) is 66.8 Å². The van der Waals surface area contributed by atoms with E-state index in [0.29, 0.717) is 31.7 Å². The van der Waals surface area contributed by atoms with E-state index in [1.807, 2.05) is 6.92 Å². The maximum absolute atomic E-state index is 12.8. The van der Waals surface area contributed by atoms with Gasteiger partial charge in [-0.25, -0.2) is 8.42 Å². The molecule has 6 heteroatoms. The maximum atomic E-state index is 12.8. The first-order valence-electron chi connectivity index (χ1n) is 6.85. The number of benzene rings is 1. The van der Waals surface area contributed by atoms with Crippen molar-refractivity contribution in [2.75, 3.05) is 26.4 Å². The van der Waals surface area contributed by atoms with Crippen molar-refractivity contribution in [3.05, 3.63) is 29.8 Å². The highest BCUT2D eigenvalue weighted by Crippen LogP contribution is 2.23. The van der Waals surface area contributed by atoms with Gasteiger partial charge in [0.25, 0.3) is 0 Å². The molecule has 0 radical (unpaired) electrons. The van der Waals surface area contributed by atoms with Gasteiger partial charge < -0.3 is 9.84 Å². The minimum absolute atomic E-state index is 0.0393. The number of hydrogen-bond acceptors (Lipinski definition) is 4. The van der Waals surface area contributed by atoms with Gasteiger partial charge in [0.2, 0.25) is 10.0 Å². The van der Waals surface area contributed by atoms with Crippen LogP contribution in [0.2, 0.25) is 0 Å². The zero-order chi connectivity index (χ0) is 15.3. The number of ether oxygens (including phenoxy) is 1. The summed E-state index contributed by atoms with van der Waals surface area (Å²) in [6.07, 6.45) is 0.322. The summed E-state index contributed by atoms with van der Waals surface area (Å²) in [7, 11) is -3.59. The summed E-state index contributed by atoms with van der Waals surface area (Å²) in [4.78, 5) is 0.212. The Balaban J connectivity index is 2.38. The van der Waals surface area contributed by atoms with Crippen LogP contribution < -0.4 is 0 Å². The van der Waals surface area contributed by atoms with Crippen LogP contribution >= 0.6 is 0 Å². The Morgan fingerprint density at radius 1 is 1.43 bits per heavy atom. The first-order chi connectivity index (χ1) is 10.1. The molecule has 0 bridgehead atoms. The van der Waals surface area contributed by atoms with E-state index in [1.54, 1.807) is 24.3 Å². The third-order valence-electron chi connectivity index (χ3n) is 3.24. The lowest BCUT2D eigenvalue weighted by Gasteiger charge is -2.32. The molecule has 0 amide bonds. The molecule has 1 heterocycles. The summed E-state index contributed by atoms with van der Waals surface area (Å²) in [5.74, 6) is 5.60. The van der Waals surface area contributed by atoms with E-state index in [1.165, 1.54) is 4.31 Å². The Hall–Kier alpha value is -1.39. The van der Waals surface area contributed by atoms with Crippen molar-refractivity contribution in [1.29, 1.82) is 0 Å². The van der Waals surface area contributed by atoms with E-state index in [9.17, 15) is 8.42 Å². The van der Waals surface area contributed by atoms with Gasteiger partial charge in [-0.3, -0.25) is 0 Å². The lowest BCUT2D eigenvalue weighted by Crippen LogP contribution is -2.47. The van der Waals surface area contributed by atoms with E-state index >= 15 is 0 Å². The van der Waals surface area contributed by atoms with Crippen molar-refractivity contribution in [2.24, 2.45) is 0 Å². The minimum atomic E-state index is -3.59. The van der Waals surface area contributed by atoms with Gasteiger partial charge in [0.1, 0.15) is 0 Å². The molecule has 1 atom stereocenters. The van der Waals surface area contributed by atoms with Crippen molar-refractivity contribution >= 4 is 10.0 Å². The first-order valence-corrected chi connectivity index (χ1v) is 8.29. The van der Waals surface area contributed by atoms with Crippen molar-refractivity contribution in [2.45, 2.75) is 24.3 Å². The largest absolute Gasteiger partial charge is 0.395 e. The summed E-state index contributed by atoms with van der Waals surface area (Å²) in [6, 6.07) is 6.50. The van der Waals surface area contributed by atoms with Crippen molar-refractivity contribution in [3.8, 4) is 11.8 Å². The molecular formula is C15H19NO4S. The van der Waals surface area contributed by atoms with Crippen molar-refractivity contribution in [1.82, 2.24) is 4.31 Å². The molecule has 0 aromatic heterocycles. The maximum Gasteiger partial charge on any atom is 0.244 e. The van der Waals surface area contributed by atoms with Crippen LogP contribution in [0.5, 0.6) is 0 Å². The molecule has 0 aliphatic carbocycles. The molecule has 1 aromatic rings. The average molecular weight is 309 g/mol. The van der Waals surface area contributed by atoms with E-state index in [4.69, 9.17) is 9.84 Å². The number of morpholine rings is 1. The van der Waals surface area contributed by atoms with Gasteiger partial charge in [-0.2, -0.15) is 4.31 Å². The van der Waals surface area contributed by atoms with Gasteiger partial charge in [0.15, 0.2) is 0 Å². The highest BCUT2D eigenvalue weighted by molar-refractivity contribution is 7.89. The minimum Gasteiger partial charge on any atom is -0.395 e. The van der Waals surface area contributed by atoms with Crippen molar-refractivity contribution < 1.29 is 18.3 Å². The summed E-state index contributed by atoms with van der Waals surface area (Å²) >= 11 is 0. The van der Waals surface area contributed by atoms with Crippen LogP contribution in [-0.2, 0) is 14.8 Å². The van der Waals surface area contributed by atoms with E-state index in [-0.39, 0.29) is 17.5 Å². The number of nitrogens with zero attached hydrogens (tertiary/aromatic N) is 1. The van der Waals surface area contributed by atoms with Gasteiger partial charge in [0, 0.05) is 24.6 Å². The molecule has 5 nitrogen and oxygen atoms in total. The fraction of sp³-hybridized carbons (Fsp3) is 0.467. The van der Waals surface area contributed by atoms with E-state index in [0.717, 1.165) is 0 Å². The highest BCUT2D eigenvalue weighted by Gasteiger charge is 2.32. The van der Waals surface area contributed by atoms with Gasteiger partial charge in [0.05, 0.1) is 24.7 Å². The zero-order valence-electron chi connectivity index (χ0n) is 11.9. The molecule has 1 aliphatic heterocycles. The predicted octanol–water partition coefficient (Wildman–Crippen LogP) is 0.830. The van der Waals surface area contributed by atoms with Crippen LogP contribution in [0.15, 0.2) is 29.2 Å².